The van der Waals surface area contributed by atoms with Gasteiger partial charge in [-0.2, -0.15) is 0 Å². The molecule has 0 aliphatic heterocycles. The summed E-state index contributed by atoms with van der Waals surface area (Å²) in [7, 11) is -0.786. The van der Waals surface area contributed by atoms with Gasteiger partial charge in [0.1, 0.15) is 17.2 Å². The number of aryl methyl sites for hydroxylation is 3. The van der Waals surface area contributed by atoms with E-state index in [1.54, 1.807) is 0 Å². The Kier molecular flexibility index (Phi) is 20.5. The number of benzene rings is 3. The van der Waals surface area contributed by atoms with E-state index in [1.807, 2.05) is 0 Å². The van der Waals surface area contributed by atoms with Gasteiger partial charge in [0.05, 0.1) is 19.8 Å². The predicted octanol–water partition coefficient (Wildman–Crippen LogP) is 12.6. The maximum atomic E-state index is 6.24. The van der Waals surface area contributed by atoms with Gasteiger partial charge >= 0.3 is 0 Å². The fourth-order valence-electron chi connectivity index (χ4n) is 6.51. The van der Waals surface area contributed by atoms with Gasteiger partial charge in [0, 0.05) is 0 Å². The van der Waals surface area contributed by atoms with E-state index in [1.165, 1.54) is 129 Å². The first-order valence-corrected chi connectivity index (χ1v) is 21.3. The molecule has 0 radical (unpaired) electrons. The largest absolute Gasteiger partial charge is 0.494 e. The fourth-order valence-corrected chi connectivity index (χ4v) is 9.21. The molecule has 272 valence electrons. The highest BCUT2D eigenvalue weighted by Gasteiger charge is 2.23. The topological polar surface area (TPSA) is 27.7 Å². The van der Waals surface area contributed by atoms with E-state index < -0.39 is 7.92 Å². The molecule has 0 saturated carbocycles. The average Bonchev–Trinajstić information content (AvgIpc) is 3.09. The molecule has 3 aromatic carbocycles. The minimum Gasteiger partial charge on any atom is -0.494 e. The Morgan fingerprint density at radius 3 is 0.898 bits per heavy atom. The standard InChI is InChI=1S/C45H69O3P/c1-7-10-13-16-19-22-31-46-40-25-28-43(37(4)34-40)49(44-29-26-41(35-38(44)5)47-32-23-20-17-14-11-8-2)45-30-27-42(36-39(45)6)48-33-24-21-18-15-12-9-3/h25-30,34-36H,7-24,31-33H2,1-6H3. The van der Waals surface area contributed by atoms with E-state index in [4.69, 9.17) is 14.2 Å². The van der Waals surface area contributed by atoms with Gasteiger partial charge in [-0.3, -0.25) is 0 Å². The average molecular weight is 689 g/mol. The van der Waals surface area contributed by atoms with Crippen molar-refractivity contribution in [2.24, 2.45) is 0 Å². The molecule has 0 bridgehead atoms. The summed E-state index contributed by atoms with van der Waals surface area (Å²) in [6, 6.07) is 20.3. The number of rotatable bonds is 27. The molecule has 0 fully saturated rings. The van der Waals surface area contributed by atoms with E-state index in [-0.39, 0.29) is 0 Å². The van der Waals surface area contributed by atoms with Gasteiger partial charge in [0.25, 0.3) is 0 Å². The summed E-state index contributed by atoms with van der Waals surface area (Å²) >= 11 is 0. The van der Waals surface area contributed by atoms with E-state index in [0.29, 0.717) is 0 Å². The number of hydrogen-bond donors (Lipinski definition) is 0. The third-order valence-corrected chi connectivity index (χ3v) is 12.5. The lowest BCUT2D eigenvalue weighted by Gasteiger charge is -2.25. The van der Waals surface area contributed by atoms with E-state index in [2.05, 4.69) is 96.1 Å². The second-order valence-corrected chi connectivity index (χ2v) is 16.1. The quantitative estimate of drug-likeness (QED) is 0.0589. The number of ether oxygens (including phenoxy) is 3. The molecular weight excluding hydrogens is 619 g/mol. The van der Waals surface area contributed by atoms with Crippen LogP contribution in [0.25, 0.3) is 0 Å². The Balaban J connectivity index is 1.77. The van der Waals surface area contributed by atoms with Crippen LogP contribution in [-0.4, -0.2) is 19.8 Å². The van der Waals surface area contributed by atoms with Crippen LogP contribution in [0, 0.1) is 20.8 Å². The first kappa shape index (κ1) is 40.9. The lowest BCUT2D eigenvalue weighted by atomic mass is 10.1. The van der Waals surface area contributed by atoms with Crippen molar-refractivity contribution in [3.63, 3.8) is 0 Å². The van der Waals surface area contributed by atoms with Crippen LogP contribution >= 0.6 is 7.92 Å². The van der Waals surface area contributed by atoms with E-state index >= 15 is 0 Å². The summed E-state index contributed by atoms with van der Waals surface area (Å²) in [5.74, 6) is 2.94. The molecule has 0 spiro atoms. The van der Waals surface area contributed by atoms with Gasteiger partial charge < -0.3 is 14.2 Å². The summed E-state index contributed by atoms with van der Waals surface area (Å²) in [5.41, 5.74) is 3.87. The van der Waals surface area contributed by atoms with Crippen molar-refractivity contribution in [2.75, 3.05) is 19.8 Å². The number of hydrogen-bond acceptors (Lipinski definition) is 3. The first-order chi connectivity index (χ1) is 24.0. The molecule has 0 aliphatic carbocycles. The molecule has 0 saturated heterocycles. The summed E-state index contributed by atoms with van der Waals surface area (Å²) in [6.07, 6.45) is 22.9. The zero-order valence-corrected chi connectivity index (χ0v) is 33.1. The molecule has 0 unspecified atom stereocenters. The van der Waals surface area contributed by atoms with Crippen molar-refractivity contribution < 1.29 is 14.2 Å². The highest BCUT2D eigenvalue weighted by atomic mass is 31.1. The minimum absolute atomic E-state index is 0.786. The predicted molar refractivity (Wildman–Crippen MR) is 216 cm³/mol. The fraction of sp³-hybridized carbons (Fsp3) is 0.600. The molecule has 3 aromatic rings. The monoisotopic (exact) mass is 688 g/mol. The second-order valence-electron chi connectivity index (χ2n) is 14.0. The van der Waals surface area contributed by atoms with Crippen molar-refractivity contribution in [2.45, 2.75) is 157 Å². The molecule has 0 amide bonds. The Morgan fingerprint density at radius 1 is 0.367 bits per heavy atom. The van der Waals surface area contributed by atoms with Crippen molar-refractivity contribution in [1.82, 2.24) is 0 Å². The molecule has 0 aromatic heterocycles. The normalized spacial score (nSPS) is 11.3. The van der Waals surface area contributed by atoms with Gasteiger partial charge in [0.2, 0.25) is 0 Å². The summed E-state index contributed by atoms with van der Waals surface area (Å²) in [6.45, 7) is 15.9. The lowest BCUT2D eigenvalue weighted by Crippen LogP contribution is -2.25. The van der Waals surface area contributed by atoms with Crippen LogP contribution in [0.5, 0.6) is 17.2 Å². The van der Waals surface area contributed by atoms with Crippen LogP contribution in [-0.2, 0) is 0 Å². The Morgan fingerprint density at radius 2 is 0.633 bits per heavy atom. The van der Waals surface area contributed by atoms with Crippen LogP contribution < -0.4 is 30.1 Å². The molecule has 0 N–H and O–H groups in total. The molecule has 4 heteroatoms. The molecule has 0 atom stereocenters. The van der Waals surface area contributed by atoms with Crippen molar-refractivity contribution in [3.8, 4) is 17.2 Å². The Bertz CT molecular complexity index is 1160. The van der Waals surface area contributed by atoms with E-state index in [0.717, 1.165) is 56.3 Å². The van der Waals surface area contributed by atoms with Gasteiger partial charge in [-0.15, -0.1) is 0 Å². The smallest absolute Gasteiger partial charge is 0.119 e. The van der Waals surface area contributed by atoms with Crippen molar-refractivity contribution in [3.05, 3.63) is 71.3 Å². The Hall–Kier alpha value is -2.51. The second kappa shape index (κ2) is 24.6. The highest BCUT2D eigenvalue weighted by molar-refractivity contribution is 7.80. The first-order valence-electron chi connectivity index (χ1n) is 20.0. The van der Waals surface area contributed by atoms with Gasteiger partial charge in [-0.05, 0) is 135 Å². The maximum Gasteiger partial charge on any atom is 0.119 e. The summed E-state index contributed by atoms with van der Waals surface area (Å²) in [4.78, 5) is 0. The SMILES string of the molecule is CCCCCCCCOc1ccc(P(c2ccc(OCCCCCCCC)cc2C)c2ccc(OCCCCCCCC)cc2C)c(C)c1. The minimum atomic E-state index is -0.786. The van der Waals surface area contributed by atoms with Crippen LogP contribution in [0.2, 0.25) is 0 Å². The zero-order chi connectivity index (χ0) is 35.1. The number of unbranched alkanes of at least 4 members (excludes halogenated alkanes) is 15. The third-order valence-electron chi connectivity index (χ3n) is 9.53. The van der Waals surface area contributed by atoms with Crippen LogP contribution in [0.4, 0.5) is 0 Å². The lowest BCUT2D eigenvalue weighted by molar-refractivity contribution is 0.304. The van der Waals surface area contributed by atoms with Gasteiger partial charge in [-0.1, -0.05) is 117 Å². The van der Waals surface area contributed by atoms with Crippen LogP contribution in [0.1, 0.15) is 153 Å². The molecular formula is C45H69O3P. The van der Waals surface area contributed by atoms with Crippen molar-refractivity contribution >= 4 is 23.8 Å². The molecule has 3 nitrogen and oxygen atoms in total. The third kappa shape index (κ3) is 15.1. The zero-order valence-electron chi connectivity index (χ0n) is 32.2. The maximum absolute atomic E-state index is 6.24. The highest BCUT2D eigenvalue weighted by Crippen LogP contribution is 2.39. The van der Waals surface area contributed by atoms with Crippen LogP contribution in [0.15, 0.2) is 54.6 Å². The van der Waals surface area contributed by atoms with Gasteiger partial charge in [-0.25, -0.2) is 0 Å². The van der Waals surface area contributed by atoms with Crippen LogP contribution in [0.3, 0.4) is 0 Å². The van der Waals surface area contributed by atoms with Crippen molar-refractivity contribution in [1.29, 1.82) is 0 Å². The Labute approximate surface area is 302 Å². The van der Waals surface area contributed by atoms with Gasteiger partial charge in [0.15, 0.2) is 0 Å². The van der Waals surface area contributed by atoms with E-state index in [9.17, 15) is 0 Å². The summed E-state index contributed by atoms with van der Waals surface area (Å²) in [5, 5.41) is 4.15. The molecule has 3 rings (SSSR count). The summed E-state index contributed by atoms with van der Waals surface area (Å²) < 4.78 is 18.7. The molecule has 0 heterocycles. The molecule has 0 aliphatic rings. The molecule has 49 heavy (non-hydrogen) atoms.